The Morgan fingerprint density at radius 3 is 2.81 bits per heavy atom. The van der Waals surface area contributed by atoms with Gasteiger partial charge in [-0.05, 0) is 30.4 Å². The zero-order chi connectivity index (χ0) is 19.0. The van der Waals surface area contributed by atoms with E-state index in [1.807, 2.05) is 16.7 Å². The summed E-state index contributed by atoms with van der Waals surface area (Å²) in [6.45, 7) is 0.338. The topological polar surface area (TPSA) is 98.7 Å². The number of carbonyl (C=O) groups excluding carboxylic acids is 1. The number of rotatable bonds is 7. The minimum Gasteiger partial charge on any atom is -0.478 e. The van der Waals surface area contributed by atoms with Crippen molar-refractivity contribution in [3.05, 3.63) is 53.2 Å². The van der Waals surface area contributed by atoms with Crippen LogP contribution in [0, 0.1) is 0 Å². The molecular weight excluding hydrogens is 348 g/mol. The first-order valence-corrected chi connectivity index (χ1v) is 8.87. The fraction of sp³-hybridized carbons (Fsp3) is 0.368. The zero-order valence-electron chi connectivity index (χ0n) is 15.0. The van der Waals surface area contributed by atoms with Crippen molar-refractivity contribution in [2.24, 2.45) is 0 Å². The summed E-state index contributed by atoms with van der Waals surface area (Å²) in [6, 6.07) is 4.11. The molecule has 3 aromatic heterocycles. The lowest BCUT2D eigenvalue weighted by atomic mass is 10.1. The highest BCUT2D eigenvalue weighted by atomic mass is 16.5. The second kappa shape index (κ2) is 6.86. The molecule has 0 saturated heterocycles. The van der Waals surface area contributed by atoms with Crippen LogP contribution in [0.5, 0.6) is 0 Å². The number of hydrogen-bond donors (Lipinski definition) is 1. The van der Waals surface area contributed by atoms with Crippen LogP contribution in [0.3, 0.4) is 0 Å². The van der Waals surface area contributed by atoms with Gasteiger partial charge >= 0.3 is 11.9 Å². The molecule has 0 unspecified atom stereocenters. The van der Waals surface area contributed by atoms with Crippen molar-refractivity contribution in [1.82, 2.24) is 19.2 Å². The third-order valence-corrected chi connectivity index (χ3v) is 4.86. The summed E-state index contributed by atoms with van der Waals surface area (Å²) >= 11 is 0. The van der Waals surface area contributed by atoms with Crippen LogP contribution in [0.4, 0.5) is 0 Å². The lowest BCUT2D eigenvalue weighted by Crippen LogP contribution is -2.12. The van der Waals surface area contributed by atoms with Gasteiger partial charge in [0.05, 0.1) is 37.7 Å². The van der Waals surface area contributed by atoms with Gasteiger partial charge in [-0.25, -0.2) is 9.78 Å². The number of methoxy groups -OCH3 is 1. The maximum absolute atomic E-state index is 11.5. The van der Waals surface area contributed by atoms with Crippen LogP contribution in [-0.4, -0.2) is 43.3 Å². The van der Waals surface area contributed by atoms with E-state index in [1.165, 1.54) is 31.7 Å². The first-order chi connectivity index (χ1) is 13.0. The molecule has 0 amide bonds. The van der Waals surface area contributed by atoms with Gasteiger partial charge in [-0.2, -0.15) is 5.10 Å². The van der Waals surface area contributed by atoms with Crippen molar-refractivity contribution < 1.29 is 19.4 Å². The van der Waals surface area contributed by atoms with Gasteiger partial charge in [-0.3, -0.25) is 9.48 Å². The molecule has 3 heterocycles. The van der Waals surface area contributed by atoms with Gasteiger partial charge in [0.2, 0.25) is 0 Å². The molecule has 1 saturated carbocycles. The van der Waals surface area contributed by atoms with Crippen molar-refractivity contribution in [3.8, 4) is 0 Å². The first kappa shape index (κ1) is 17.3. The molecule has 0 aromatic carbocycles. The number of aromatic nitrogens is 4. The monoisotopic (exact) mass is 368 g/mol. The van der Waals surface area contributed by atoms with Gasteiger partial charge in [0, 0.05) is 18.8 Å². The van der Waals surface area contributed by atoms with Crippen molar-refractivity contribution >= 4 is 17.6 Å². The molecule has 0 atom stereocenters. The van der Waals surface area contributed by atoms with Crippen LogP contribution in [0.25, 0.3) is 5.65 Å². The van der Waals surface area contributed by atoms with Crippen LogP contribution in [0.2, 0.25) is 0 Å². The van der Waals surface area contributed by atoms with Crippen molar-refractivity contribution in [3.63, 3.8) is 0 Å². The molecule has 1 aliphatic rings. The fourth-order valence-electron chi connectivity index (χ4n) is 3.26. The number of carboxylic acid groups (broad SMARTS) is 1. The third-order valence-electron chi connectivity index (χ3n) is 4.86. The second-order valence-electron chi connectivity index (χ2n) is 6.78. The first-order valence-electron chi connectivity index (χ1n) is 8.87. The van der Waals surface area contributed by atoms with E-state index in [4.69, 9.17) is 0 Å². The second-order valence-corrected chi connectivity index (χ2v) is 6.78. The average Bonchev–Trinajstić information content (AvgIpc) is 3.31. The van der Waals surface area contributed by atoms with E-state index in [1.54, 1.807) is 4.68 Å². The Bertz CT molecular complexity index is 1020. The highest BCUT2D eigenvalue weighted by molar-refractivity contribution is 5.88. The van der Waals surface area contributed by atoms with Gasteiger partial charge in [-0.1, -0.05) is 6.07 Å². The highest BCUT2D eigenvalue weighted by Crippen LogP contribution is 2.39. The number of pyridine rings is 1. The molecule has 1 aliphatic carbocycles. The van der Waals surface area contributed by atoms with E-state index in [0.29, 0.717) is 18.2 Å². The number of aromatic carboxylic acids is 1. The number of imidazole rings is 1. The van der Waals surface area contributed by atoms with Crippen LogP contribution < -0.4 is 0 Å². The molecular formula is C19H20N4O4. The van der Waals surface area contributed by atoms with E-state index < -0.39 is 5.97 Å². The number of carbonyl (C=O) groups is 2. The summed E-state index contributed by atoms with van der Waals surface area (Å²) in [5, 5.41) is 13.6. The van der Waals surface area contributed by atoms with E-state index in [9.17, 15) is 14.7 Å². The van der Waals surface area contributed by atoms with Crippen molar-refractivity contribution in [2.45, 2.75) is 38.1 Å². The maximum Gasteiger partial charge on any atom is 0.339 e. The molecule has 1 N–H and O–H groups in total. The Balaban J connectivity index is 1.60. The molecule has 3 aromatic rings. The van der Waals surface area contributed by atoms with Crippen LogP contribution in [-0.2, 0) is 22.5 Å². The molecule has 0 radical (unpaired) electrons. The van der Waals surface area contributed by atoms with Crippen molar-refractivity contribution in [1.29, 1.82) is 0 Å². The Morgan fingerprint density at radius 1 is 1.30 bits per heavy atom. The highest BCUT2D eigenvalue weighted by Gasteiger charge is 2.24. The number of fused-ring (bicyclic) bond motifs is 1. The van der Waals surface area contributed by atoms with Gasteiger partial charge in [-0.15, -0.1) is 0 Å². The Hall–Kier alpha value is -3.16. The normalized spacial score (nSPS) is 13.8. The summed E-state index contributed by atoms with van der Waals surface area (Å²) in [6.07, 6.45) is 8.17. The largest absolute Gasteiger partial charge is 0.478 e. The Kier molecular flexibility index (Phi) is 4.39. The van der Waals surface area contributed by atoms with E-state index >= 15 is 0 Å². The minimum atomic E-state index is -1.06. The van der Waals surface area contributed by atoms with Gasteiger partial charge in [0.25, 0.3) is 0 Å². The lowest BCUT2D eigenvalue weighted by molar-refractivity contribution is -0.140. The maximum atomic E-state index is 11.5. The van der Waals surface area contributed by atoms with E-state index in [2.05, 4.69) is 27.1 Å². The Labute approximate surface area is 155 Å². The van der Waals surface area contributed by atoms with Crippen molar-refractivity contribution in [2.75, 3.05) is 7.11 Å². The smallest absolute Gasteiger partial charge is 0.339 e. The molecule has 140 valence electrons. The number of hydrogen-bond acceptors (Lipinski definition) is 5. The zero-order valence-corrected chi connectivity index (χ0v) is 15.0. The predicted molar refractivity (Wildman–Crippen MR) is 95.8 cm³/mol. The van der Waals surface area contributed by atoms with E-state index in [0.717, 1.165) is 11.3 Å². The SMILES string of the molecule is COC(=O)CCc1c(C(=O)O)cnn1Cc1cn2cc(C3CC3)ccc2n1. The summed E-state index contributed by atoms with van der Waals surface area (Å²) in [7, 11) is 1.31. The molecule has 27 heavy (non-hydrogen) atoms. The molecule has 8 heteroatoms. The molecule has 0 bridgehead atoms. The van der Waals surface area contributed by atoms with Crippen LogP contribution >= 0.6 is 0 Å². The quantitative estimate of drug-likeness (QED) is 0.642. The summed E-state index contributed by atoms with van der Waals surface area (Å²) in [4.78, 5) is 27.5. The standard InChI is InChI=1S/C19H20N4O4/c1-27-18(24)7-5-16-15(19(25)26)8-20-23(16)11-14-10-22-9-13(12-2-3-12)4-6-17(22)21-14/h4,6,8-10,12H,2-3,5,7,11H2,1H3,(H,25,26). The molecule has 4 rings (SSSR count). The minimum absolute atomic E-state index is 0.0956. The fourth-order valence-corrected chi connectivity index (χ4v) is 3.26. The molecule has 1 fully saturated rings. The number of esters is 1. The predicted octanol–water partition coefficient (Wildman–Crippen LogP) is 2.26. The number of carboxylic acids is 1. The number of nitrogens with zero attached hydrogens (tertiary/aromatic N) is 4. The van der Waals surface area contributed by atoms with Crippen LogP contribution in [0.1, 0.15) is 52.5 Å². The summed E-state index contributed by atoms with van der Waals surface area (Å²) < 4.78 is 8.24. The van der Waals surface area contributed by atoms with Gasteiger partial charge in [0.1, 0.15) is 11.2 Å². The molecule has 8 nitrogen and oxygen atoms in total. The third kappa shape index (κ3) is 3.55. The number of ether oxygens (including phenoxy) is 1. The summed E-state index contributed by atoms with van der Waals surface area (Å²) in [5.74, 6) is -0.793. The molecule has 0 aliphatic heterocycles. The van der Waals surface area contributed by atoms with Gasteiger partial charge < -0.3 is 14.2 Å². The lowest BCUT2D eigenvalue weighted by Gasteiger charge is -2.06. The molecule has 0 spiro atoms. The van der Waals surface area contributed by atoms with Crippen LogP contribution in [0.15, 0.2) is 30.7 Å². The Morgan fingerprint density at radius 2 is 2.11 bits per heavy atom. The van der Waals surface area contributed by atoms with Gasteiger partial charge in [0.15, 0.2) is 0 Å². The summed E-state index contributed by atoms with van der Waals surface area (Å²) in [5.41, 5.74) is 3.53. The average molecular weight is 368 g/mol. The van der Waals surface area contributed by atoms with E-state index in [-0.39, 0.29) is 24.4 Å².